The zero-order valence-electron chi connectivity index (χ0n) is 11.0. The highest BCUT2D eigenvalue weighted by Crippen LogP contribution is 2.45. The average Bonchev–Trinajstić information content (AvgIpc) is 2.72. The van der Waals surface area contributed by atoms with E-state index in [0.717, 1.165) is 38.8 Å². The van der Waals surface area contributed by atoms with Crippen LogP contribution in [0.3, 0.4) is 0 Å². The van der Waals surface area contributed by atoms with Gasteiger partial charge in [0.25, 0.3) is 0 Å². The molecule has 2 aliphatic rings. The van der Waals surface area contributed by atoms with Crippen molar-refractivity contribution in [3.05, 3.63) is 0 Å². The third-order valence-electron chi connectivity index (χ3n) is 3.77. The van der Waals surface area contributed by atoms with E-state index in [2.05, 4.69) is 0 Å². The fraction of sp³-hybridized carbons (Fsp3) is 0.923. The molecular formula is C13H23NO3. The molecule has 98 valence electrons. The number of likely N-dealkylation sites (tertiary alicyclic amines) is 1. The molecule has 0 bridgehead atoms. The van der Waals surface area contributed by atoms with Gasteiger partial charge in [-0.25, -0.2) is 4.79 Å². The van der Waals surface area contributed by atoms with Crippen molar-refractivity contribution < 1.29 is 14.6 Å². The molecule has 2 atom stereocenters. The molecule has 1 aliphatic carbocycles. The van der Waals surface area contributed by atoms with Crippen LogP contribution in [-0.2, 0) is 4.74 Å². The summed E-state index contributed by atoms with van der Waals surface area (Å²) in [5, 5.41) is 9.63. The Bertz CT molecular complexity index is 310. The van der Waals surface area contributed by atoms with Gasteiger partial charge in [0.1, 0.15) is 5.60 Å². The number of aliphatic hydroxyl groups is 1. The molecule has 17 heavy (non-hydrogen) atoms. The van der Waals surface area contributed by atoms with Crippen LogP contribution in [0.5, 0.6) is 0 Å². The van der Waals surface area contributed by atoms with Crippen molar-refractivity contribution in [2.45, 2.75) is 58.2 Å². The smallest absolute Gasteiger partial charge is 0.410 e. The Kier molecular flexibility index (Phi) is 3.10. The molecule has 0 aromatic carbocycles. The highest BCUT2D eigenvalue weighted by atomic mass is 16.6. The van der Waals surface area contributed by atoms with E-state index >= 15 is 0 Å². The van der Waals surface area contributed by atoms with E-state index in [1.54, 1.807) is 4.90 Å². The fourth-order valence-corrected chi connectivity index (χ4v) is 2.96. The lowest BCUT2D eigenvalue weighted by molar-refractivity contribution is 0.0270. The van der Waals surface area contributed by atoms with Crippen LogP contribution in [0.2, 0.25) is 0 Å². The minimum Gasteiger partial charge on any atom is -0.444 e. The number of carbonyl (C=O) groups is 1. The minimum atomic E-state index is -0.429. The lowest BCUT2D eigenvalue weighted by Gasteiger charge is -2.26. The summed E-state index contributed by atoms with van der Waals surface area (Å²) in [6.07, 6.45) is 3.37. The van der Waals surface area contributed by atoms with Crippen molar-refractivity contribution in [1.82, 2.24) is 4.90 Å². The van der Waals surface area contributed by atoms with Crippen molar-refractivity contribution in [3.63, 3.8) is 0 Å². The highest BCUT2D eigenvalue weighted by molar-refractivity contribution is 5.68. The van der Waals surface area contributed by atoms with E-state index in [1.807, 2.05) is 20.8 Å². The Morgan fingerprint density at radius 1 is 1.41 bits per heavy atom. The number of carbonyl (C=O) groups excluding carboxylic acids is 1. The van der Waals surface area contributed by atoms with Crippen LogP contribution >= 0.6 is 0 Å². The minimum absolute atomic E-state index is 0.163. The summed E-state index contributed by atoms with van der Waals surface area (Å²) in [4.78, 5) is 13.7. The Balaban J connectivity index is 1.92. The molecule has 1 saturated carbocycles. The second-order valence-electron chi connectivity index (χ2n) is 6.55. The van der Waals surface area contributed by atoms with Crippen molar-refractivity contribution >= 4 is 6.09 Å². The summed E-state index contributed by atoms with van der Waals surface area (Å²) in [6.45, 7) is 7.17. The van der Waals surface area contributed by atoms with Gasteiger partial charge in [-0.15, -0.1) is 0 Å². The third kappa shape index (κ3) is 2.92. The number of nitrogens with zero attached hydrogens (tertiary/aromatic N) is 1. The lowest BCUT2D eigenvalue weighted by Crippen LogP contribution is -2.36. The van der Waals surface area contributed by atoms with E-state index < -0.39 is 5.60 Å². The first-order valence-electron chi connectivity index (χ1n) is 6.46. The summed E-state index contributed by atoms with van der Waals surface area (Å²) >= 11 is 0. The maximum absolute atomic E-state index is 11.9. The van der Waals surface area contributed by atoms with E-state index in [4.69, 9.17) is 4.74 Å². The lowest BCUT2D eigenvalue weighted by atomic mass is 9.85. The molecule has 0 aromatic heterocycles. The van der Waals surface area contributed by atoms with Gasteiger partial charge in [-0.2, -0.15) is 0 Å². The summed E-state index contributed by atoms with van der Waals surface area (Å²) < 4.78 is 5.38. The maximum Gasteiger partial charge on any atom is 0.410 e. The quantitative estimate of drug-likeness (QED) is 0.707. The van der Waals surface area contributed by atoms with Crippen LogP contribution in [0.1, 0.15) is 46.5 Å². The predicted molar refractivity (Wildman–Crippen MR) is 64.7 cm³/mol. The Morgan fingerprint density at radius 2 is 2.12 bits per heavy atom. The third-order valence-corrected chi connectivity index (χ3v) is 3.77. The van der Waals surface area contributed by atoms with Crippen molar-refractivity contribution in [2.75, 3.05) is 13.1 Å². The Morgan fingerprint density at radius 3 is 2.65 bits per heavy atom. The molecule has 1 heterocycles. The van der Waals surface area contributed by atoms with Gasteiger partial charge in [0.2, 0.25) is 0 Å². The number of amides is 1. The first-order chi connectivity index (χ1) is 7.80. The molecule has 2 rings (SSSR count). The van der Waals surface area contributed by atoms with E-state index in [9.17, 15) is 9.90 Å². The van der Waals surface area contributed by atoms with Gasteiger partial charge in [0.15, 0.2) is 0 Å². The number of rotatable bonds is 0. The molecule has 4 nitrogen and oxygen atoms in total. The first kappa shape index (κ1) is 12.7. The summed E-state index contributed by atoms with van der Waals surface area (Å²) in [5.41, 5.74) is -0.266. The zero-order valence-corrected chi connectivity index (χ0v) is 11.0. The molecule has 1 amide bonds. The van der Waals surface area contributed by atoms with Gasteiger partial charge < -0.3 is 14.7 Å². The molecule has 0 aromatic rings. The second kappa shape index (κ2) is 4.16. The van der Waals surface area contributed by atoms with E-state index in [-0.39, 0.29) is 17.6 Å². The van der Waals surface area contributed by atoms with Crippen LogP contribution in [0.4, 0.5) is 4.79 Å². The summed E-state index contributed by atoms with van der Waals surface area (Å²) in [7, 11) is 0. The van der Waals surface area contributed by atoms with Gasteiger partial charge in [0.05, 0.1) is 6.10 Å². The van der Waals surface area contributed by atoms with Crippen LogP contribution in [0, 0.1) is 5.41 Å². The summed E-state index contributed by atoms with van der Waals surface area (Å²) in [5.74, 6) is 0. The van der Waals surface area contributed by atoms with Crippen LogP contribution < -0.4 is 0 Å². The molecule has 1 N–H and O–H groups in total. The van der Waals surface area contributed by atoms with Crippen LogP contribution in [-0.4, -0.2) is 40.9 Å². The standard InChI is InChI=1S/C13H23NO3/c1-12(2,3)17-11(16)14-7-6-13(9-14)5-4-10(15)8-13/h10,15H,4-9H2,1-3H3/t10-,13+/m1/s1. The van der Waals surface area contributed by atoms with E-state index in [0.29, 0.717) is 0 Å². The molecule has 2 fully saturated rings. The SMILES string of the molecule is CC(C)(C)OC(=O)N1CC[C@]2(CC[C@@H](O)C2)C1. The van der Waals surface area contributed by atoms with Crippen LogP contribution in [0.25, 0.3) is 0 Å². The van der Waals surface area contributed by atoms with Gasteiger partial charge in [-0.3, -0.25) is 0 Å². The number of hydrogen-bond acceptors (Lipinski definition) is 3. The van der Waals surface area contributed by atoms with Gasteiger partial charge in [0, 0.05) is 13.1 Å². The molecule has 0 unspecified atom stereocenters. The Hall–Kier alpha value is -0.770. The average molecular weight is 241 g/mol. The van der Waals surface area contributed by atoms with Gasteiger partial charge >= 0.3 is 6.09 Å². The van der Waals surface area contributed by atoms with Crippen molar-refractivity contribution in [2.24, 2.45) is 5.41 Å². The summed E-state index contributed by atoms with van der Waals surface area (Å²) in [6, 6.07) is 0. The number of ether oxygens (including phenoxy) is 1. The maximum atomic E-state index is 11.9. The van der Waals surface area contributed by atoms with Crippen molar-refractivity contribution in [3.8, 4) is 0 Å². The normalized spacial score (nSPS) is 33.4. The zero-order chi connectivity index (χ0) is 12.7. The molecular weight excluding hydrogens is 218 g/mol. The number of hydrogen-bond donors (Lipinski definition) is 1. The topological polar surface area (TPSA) is 49.8 Å². The first-order valence-corrected chi connectivity index (χ1v) is 6.46. The molecule has 4 heteroatoms. The van der Waals surface area contributed by atoms with Gasteiger partial charge in [-0.1, -0.05) is 0 Å². The molecule has 1 aliphatic heterocycles. The fourth-order valence-electron chi connectivity index (χ4n) is 2.96. The second-order valence-corrected chi connectivity index (χ2v) is 6.55. The van der Waals surface area contributed by atoms with Crippen molar-refractivity contribution in [1.29, 1.82) is 0 Å². The Labute approximate surface area is 103 Å². The molecule has 1 spiro atoms. The van der Waals surface area contributed by atoms with E-state index in [1.165, 1.54) is 0 Å². The molecule has 1 saturated heterocycles. The molecule has 0 radical (unpaired) electrons. The monoisotopic (exact) mass is 241 g/mol. The number of aliphatic hydroxyl groups excluding tert-OH is 1. The predicted octanol–water partition coefficient (Wildman–Crippen LogP) is 2.16. The van der Waals surface area contributed by atoms with Crippen LogP contribution in [0.15, 0.2) is 0 Å². The highest BCUT2D eigenvalue weighted by Gasteiger charge is 2.45. The van der Waals surface area contributed by atoms with Gasteiger partial charge in [-0.05, 0) is 51.9 Å². The largest absolute Gasteiger partial charge is 0.444 e.